The van der Waals surface area contributed by atoms with Crippen LogP contribution in [0.15, 0.2) is 12.3 Å². The van der Waals surface area contributed by atoms with Gasteiger partial charge in [-0.2, -0.15) is 5.10 Å². The average molecular weight is 209 g/mol. The van der Waals surface area contributed by atoms with E-state index in [-0.39, 0.29) is 0 Å². The van der Waals surface area contributed by atoms with Crippen molar-refractivity contribution < 1.29 is 4.74 Å². The first kappa shape index (κ1) is 10.6. The summed E-state index contributed by atoms with van der Waals surface area (Å²) in [5.74, 6) is 0. The van der Waals surface area contributed by atoms with E-state index in [1.54, 1.807) is 7.11 Å². The quantitative estimate of drug-likeness (QED) is 0.818. The predicted octanol–water partition coefficient (Wildman–Crippen LogP) is 1.58. The zero-order valence-corrected chi connectivity index (χ0v) is 9.28. The summed E-state index contributed by atoms with van der Waals surface area (Å²) in [5.41, 5.74) is 1.24. The van der Waals surface area contributed by atoms with Crippen molar-refractivity contribution in [3.05, 3.63) is 18.0 Å². The van der Waals surface area contributed by atoms with Crippen LogP contribution in [-0.2, 0) is 4.74 Å². The van der Waals surface area contributed by atoms with E-state index in [0.29, 0.717) is 6.04 Å². The number of nitrogens with zero attached hydrogens (tertiary/aromatic N) is 2. The van der Waals surface area contributed by atoms with Crippen LogP contribution in [0.2, 0.25) is 0 Å². The molecule has 1 unspecified atom stereocenters. The first-order valence-corrected chi connectivity index (χ1v) is 5.64. The smallest absolute Gasteiger partial charge is 0.0589 e. The molecule has 1 fully saturated rings. The molecular weight excluding hydrogens is 190 g/mol. The summed E-state index contributed by atoms with van der Waals surface area (Å²) >= 11 is 0. The van der Waals surface area contributed by atoms with E-state index < -0.39 is 0 Å². The minimum Gasteiger partial charge on any atom is -0.383 e. The molecule has 1 N–H and O–H groups in total. The van der Waals surface area contributed by atoms with E-state index in [4.69, 9.17) is 4.74 Å². The third-order valence-electron chi connectivity index (χ3n) is 3.08. The molecule has 1 aromatic heterocycles. The first-order chi connectivity index (χ1) is 7.42. The van der Waals surface area contributed by atoms with Crippen LogP contribution in [0, 0.1) is 0 Å². The van der Waals surface area contributed by atoms with Crippen molar-refractivity contribution in [3.8, 4) is 0 Å². The number of aromatic nitrogens is 2. The highest BCUT2D eigenvalue weighted by molar-refractivity contribution is 5.05. The second kappa shape index (κ2) is 5.28. The summed E-state index contributed by atoms with van der Waals surface area (Å²) in [4.78, 5) is 2.49. The molecule has 1 aromatic rings. The minimum atomic E-state index is 0.511. The number of likely N-dealkylation sites (tertiary alicyclic amines) is 1. The van der Waals surface area contributed by atoms with E-state index in [0.717, 1.165) is 13.2 Å². The SMILES string of the molecule is COCCN1CCCCC1c1ccn[nH]1. The molecule has 0 saturated carbocycles. The largest absolute Gasteiger partial charge is 0.383 e. The monoisotopic (exact) mass is 209 g/mol. The summed E-state index contributed by atoms with van der Waals surface area (Å²) in [5, 5.41) is 7.11. The molecule has 0 spiro atoms. The van der Waals surface area contributed by atoms with Gasteiger partial charge in [0.05, 0.1) is 18.3 Å². The van der Waals surface area contributed by atoms with Crippen LogP contribution in [0.5, 0.6) is 0 Å². The zero-order chi connectivity index (χ0) is 10.5. The molecule has 0 radical (unpaired) electrons. The molecule has 4 nitrogen and oxygen atoms in total. The minimum absolute atomic E-state index is 0.511. The van der Waals surface area contributed by atoms with Gasteiger partial charge in [0.1, 0.15) is 0 Å². The molecule has 15 heavy (non-hydrogen) atoms. The third-order valence-corrected chi connectivity index (χ3v) is 3.08. The Labute approximate surface area is 90.6 Å². The van der Waals surface area contributed by atoms with Crippen LogP contribution in [0.1, 0.15) is 31.0 Å². The predicted molar refractivity (Wildman–Crippen MR) is 58.6 cm³/mol. The lowest BCUT2D eigenvalue weighted by Crippen LogP contribution is -2.36. The number of hydrogen-bond donors (Lipinski definition) is 1. The maximum atomic E-state index is 5.14. The lowest BCUT2D eigenvalue weighted by atomic mass is 9.99. The topological polar surface area (TPSA) is 41.1 Å². The molecule has 1 saturated heterocycles. The van der Waals surface area contributed by atoms with Gasteiger partial charge in [-0.05, 0) is 25.5 Å². The Bertz CT molecular complexity index is 273. The number of piperidine rings is 1. The van der Waals surface area contributed by atoms with Gasteiger partial charge in [-0.15, -0.1) is 0 Å². The van der Waals surface area contributed by atoms with Crippen LogP contribution in [-0.4, -0.2) is 41.9 Å². The van der Waals surface area contributed by atoms with Crippen molar-refractivity contribution in [2.45, 2.75) is 25.3 Å². The summed E-state index contributed by atoms with van der Waals surface area (Å²) in [7, 11) is 1.76. The number of aromatic amines is 1. The Hall–Kier alpha value is -0.870. The van der Waals surface area contributed by atoms with Crippen LogP contribution in [0.25, 0.3) is 0 Å². The van der Waals surface area contributed by atoms with Gasteiger partial charge in [-0.3, -0.25) is 10.00 Å². The molecule has 0 aliphatic carbocycles. The van der Waals surface area contributed by atoms with Crippen molar-refractivity contribution >= 4 is 0 Å². The fraction of sp³-hybridized carbons (Fsp3) is 0.727. The molecule has 4 heteroatoms. The van der Waals surface area contributed by atoms with Crippen LogP contribution >= 0.6 is 0 Å². The Balaban J connectivity index is 1.99. The van der Waals surface area contributed by atoms with Gasteiger partial charge in [0.15, 0.2) is 0 Å². The Kier molecular flexibility index (Phi) is 3.75. The highest BCUT2D eigenvalue weighted by Gasteiger charge is 2.24. The Morgan fingerprint density at radius 2 is 2.53 bits per heavy atom. The summed E-state index contributed by atoms with van der Waals surface area (Å²) in [6.07, 6.45) is 5.67. The second-order valence-corrected chi connectivity index (χ2v) is 4.05. The Morgan fingerprint density at radius 3 is 3.27 bits per heavy atom. The van der Waals surface area contributed by atoms with Crippen molar-refractivity contribution in [2.75, 3.05) is 26.8 Å². The van der Waals surface area contributed by atoms with Crippen molar-refractivity contribution in [3.63, 3.8) is 0 Å². The molecule has 0 amide bonds. The number of rotatable bonds is 4. The molecule has 84 valence electrons. The average Bonchev–Trinajstić information content (AvgIpc) is 2.80. The fourth-order valence-corrected chi connectivity index (χ4v) is 2.27. The van der Waals surface area contributed by atoms with E-state index in [9.17, 15) is 0 Å². The fourth-order valence-electron chi connectivity index (χ4n) is 2.27. The number of H-pyrrole nitrogens is 1. The van der Waals surface area contributed by atoms with Crippen LogP contribution in [0.4, 0.5) is 0 Å². The van der Waals surface area contributed by atoms with Gasteiger partial charge in [0.25, 0.3) is 0 Å². The Morgan fingerprint density at radius 1 is 1.60 bits per heavy atom. The number of methoxy groups -OCH3 is 1. The van der Waals surface area contributed by atoms with Crippen LogP contribution in [0.3, 0.4) is 0 Å². The summed E-state index contributed by atoms with van der Waals surface area (Å²) < 4.78 is 5.14. The lowest BCUT2D eigenvalue weighted by Gasteiger charge is -2.34. The summed E-state index contributed by atoms with van der Waals surface area (Å²) in [6.45, 7) is 3.00. The van der Waals surface area contributed by atoms with Crippen molar-refractivity contribution in [1.82, 2.24) is 15.1 Å². The standard InChI is InChI=1S/C11H19N3O/c1-15-9-8-14-7-3-2-4-11(14)10-5-6-12-13-10/h5-6,11H,2-4,7-9H2,1H3,(H,12,13). The molecule has 0 bridgehead atoms. The van der Waals surface area contributed by atoms with Crippen molar-refractivity contribution in [1.29, 1.82) is 0 Å². The molecular formula is C11H19N3O. The van der Waals surface area contributed by atoms with Gasteiger partial charge < -0.3 is 4.74 Å². The maximum absolute atomic E-state index is 5.14. The van der Waals surface area contributed by atoms with Crippen molar-refractivity contribution in [2.24, 2.45) is 0 Å². The van der Waals surface area contributed by atoms with Gasteiger partial charge in [-0.1, -0.05) is 6.42 Å². The third kappa shape index (κ3) is 2.58. The maximum Gasteiger partial charge on any atom is 0.0589 e. The lowest BCUT2D eigenvalue weighted by molar-refractivity contribution is 0.0942. The van der Waals surface area contributed by atoms with Gasteiger partial charge >= 0.3 is 0 Å². The molecule has 2 rings (SSSR count). The van der Waals surface area contributed by atoms with E-state index in [1.165, 1.54) is 31.5 Å². The van der Waals surface area contributed by atoms with E-state index >= 15 is 0 Å². The molecule has 0 aromatic carbocycles. The number of nitrogens with one attached hydrogen (secondary N) is 1. The molecule has 1 aliphatic rings. The van der Waals surface area contributed by atoms with Gasteiger partial charge in [0, 0.05) is 19.9 Å². The van der Waals surface area contributed by atoms with E-state index in [1.807, 2.05) is 6.20 Å². The number of hydrogen-bond acceptors (Lipinski definition) is 3. The van der Waals surface area contributed by atoms with E-state index in [2.05, 4.69) is 21.2 Å². The molecule has 1 aliphatic heterocycles. The summed E-state index contributed by atoms with van der Waals surface area (Å²) in [6, 6.07) is 2.59. The first-order valence-electron chi connectivity index (χ1n) is 5.64. The molecule has 1 atom stereocenters. The highest BCUT2D eigenvalue weighted by Crippen LogP contribution is 2.28. The van der Waals surface area contributed by atoms with Gasteiger partial charge in [0.2, 0.25) is 0 Å². The van der Waals surface area contributed by atoms with Gasteiger partial charge in [-0.25, -0.2) is 0 Å². The molecule has 2 heterocycles. The second-order valence-electron chi connectivity index (χ2n) is 4.05. The normalized spacial score (nSPS) is 23.1. The number of ether oxygens (including phenoxy) is 1. The highest BCUT2D eigenvalue weighted by atomic mass is 16.5. The zero-order valence-electron chi connectivity index (χ0n) is 9.28. The van der Waals surface area contributed by atoms with Crippen LogP contribution < -0.4 is 0 Å².